The molecule has 1 aromatic heterocycles. The molecular formula is C18H24N4O. The lowest BCUT2D eigenvalue weighted by atomic mass is 10.1. The van der Waals surface area contributed by atoms with Crippen molar-refractivity contribution in [1.29, 1.82) is 0 Å². The molecule has 2 unspecified atom stereocenters. The first-order chi connectivity index (χ1) is 11.3. The number of aliphatic hydroxyl groups excluding tert-OH is 1. The van der Waals surface area contributed by atoms with Crippen molar-refractivity contribution in [2.24, 2.45) is 0 Å². The van der Waals surface area contributed by atoms with Crippen LogP contribution in [-0.4, -0.2) is 35.6 Å². The van der Waals surface area contributed by atoms with Crippen molar-refractivity contribution in [2.45, 2.75) is 31.7 Å². The first-order valence-corrected chi connectivity index (χ1v) is 8.23. The predicted molar refractivity (Wildman–Crippen MR) is 92.9 cm³/mol. The molecule has 2 heterocycles. The molecule has 0 spiro atoms. The molecule has 2 atom stereocenters. The number of aromatic nitrogens is 1. The Bertz CT molecular complexity index is 580. The van der Waals surface area contributed by atoms with Crippen molar-refractivity contribution >= 4 is 5.69 Å². The van der Waals surface area contributed by atoms with E-state index >= 15 is 0 Å². The average Bonchev–Trinajstić information content (AvgIpc) is 2.85. The summed E-state index contributed by atoms with van der Waals surface area (Å²) in [6, 6.07) is 12.4. The van der Waals surface area contributed by atoms with Gasteiger partial charge in [-0.2, -0.15) is 0 Å². The van der Waals surface area contributed by atoms with Gasteiger partial charge in [0.2, 0.25) is 0 Å². The van der Waals surface area contributed by atoms with E-state index in [1.54, 1.807) is 12.4 Å². The fourth-order valence-electron chi connectivity index (χ4n) is 2.91. The third kappa shape index (κ3) is 4.76. The maximum Gasteiger partial charge on any atom is 0.181 e. The molecule has 5 nitrogen and oxygen atoms in total. The fourth-order valence-corrected chi connectivity index (χ4v) is 2.91. The van der Waals surface area contributed by atoms with Gasteiger partial charge in [-0.25, -0.2) is 0 Å². The number of benzene rings is 1. The second-order valence-corrected chi connectivity index (χ2v) is 5.90. The number of rotatable bonds is 5. The highest BCUT2D eigenvalue weighted by Crippen LogP contribution is 2.20. The molecule has 0 bridgehead atoms. The van der Waals surface area contributed by atoms with Crippen molar-refractivity contribution in [1.82, 2.24) is 15.6 Å². The van der Waals surface area contributed by atoms with Crippen LogP contribution >= 0.6 is 0 Å². The first kappa shape index (κ1) is 15.9. The Hall–Kier alpha value is -1.95. The van der Waals surface area contributed by atoms with Crippen LogP contribution < -0.4 is 16.0 Å². The molecule has 1 aromatic carbocycles. The van der Waals surface area contributed by atoms with Gasteiger partial charge in [-0.1, -0.05) is 12.1 Å². The van der Waals surface area contributed by atoms with Gasteiger partial charge in [0.25, 0.3) is 0 Å². The zero-order valence-corrected chi connectivity index (χ0v) is 13.2. The van der Waals surface area contributed by atoms with Gasteiger partial charge >= 0.3 is 0 Å². The number of anilines is 1. The van der Waals surface area contributed by atoms with Crippen LogP contribution in [0.25, 0.3) is 11.1 Å². The van der Waals surface area contributed by atoms with Crippen LogP contribution in [0.1, 0.15) is 19.3 Å². The van der Waals surface area contributed by atoms with Gasteiger partial charge < -0.3 is 15.7 Å². The molecule has 0 saturated carbocycles. The Kier molecular flexibility index (Phi) is 5.58. The van der Waals surface area contributed by atoms with Crippen molar-refractivity contribution in [3.05, 3.63) is 48.8 Å². The monoisotopic (exact) mass is 312 g/mol. The van der Waals surface area contributed by atoms with E-state index in [1.807, 2.05) is 36.4 Å². The molecule has 2 aromatic rings. The summed E-state index contributed by atoms with van der Waals surface area (Å²) in [5, 5.41) is 19.9. The van der Waals surface area contributed by atoms with Gasteiger partial charge in [0, 0.05) is 24.1 Å². The first-order valence-electron chi connectivity index (χ1n) is 8.23. The topological polar surface area (TPSA) is 69.2 Å². The van der Waals surface area contributed by atoms with Gasteiger partial charge in [0.15, 0.2) is 6.35 Å². The predicted octanol–water partition coefficient (Wildman–Crippen LogP) is 2.17. The zero-order chi connectivity index (χ0) is 15.9. The third-order valence-corrected chi connectivity index (χ3v) is 4.17. The molecule has 0 amide bonds. The highest BCUT2D eigenvalue weighted by atomic mass is 16.3. The van der Waals surface area contributed by atoms with Crippen LogP contribution in [0.15, 0.2) is 48.8 Å². The van der Waals surface area contributed by atoms with E-state index in [0.29, 0.717) is 6.04 Å². The Morgan fingerprint density at radius 1 is 1.00 bits per heavy atom. The molecule has 1 saturated heterocycles. The summed E-state index contributed by atoms with van der Waals surface area (Å²) in [6.45, 7) is 2.07. The Labute approximate surface area is 137 Å². The molecule has 122 valence electrons. The maximum atomic E-state index is 10.2. The second kappa shape index (κ2) is 8.06. The van der Waals surface area contributed by atoms with E-state index in [1.165, 1.54) is 0 Å². The number of aliphatic hydroxyl groups is 1. The summed E-state index contributed by atoms with van der Waals surface area (Å²) in [7, 11) is 0. The molecule has 0 radical (unpaired) electrons. The lowest BCUT2D eigenvalue weighted by Gasteiger charge is -2.22. The molecule has 5 heteroatoms. The summed E-state index contributed by atoms with van der Waals surface area (Å²) >= 11 is 0. The van der Waals surface area contributed by atoms with Crippen LogP contribution in [0.2, 0.25) is 0 Å². The third-order valence-electron chi connectivity index (χ3n) is 4.17. The maximum absolute atomic E-state index is 10.2. The highest BCUT2D eigenvalue weighted by molar-refractivity contribution is 5.65. The van der Waals surface area contributed by atoms with Crippen molar-refractivity contribution in [3.8, 4) is 11.1 Å². The number of hydrogen-bond acceptors (Lipinski definition) is 5. The molecule has 3 rings (SSSR count). The Morgan fingerprint density at radius 3 is 2.52 bits per heavy atom. The second-order valence-electron chi connectivity index (χ2n) is 5.90. The number of hydrogen-bond donors (Lipinski definition) is 4. The van der Waals surface area contributed by atoms with E-state index in [2.05, 4.69) is 20.9 Å². The minimum Gasteiger partial charge on any atom is -0.361 e. The lowest BCUT2D eigenvalue weighted by Crippen LogP contribution is -2.43. The van der Waals surface area contributed by atoms with E-state index in [0.717, 1.165) is 49.2 Å². The average molecular weight is 312 g/mol. The zero-order valence-electron chi connectivity index (χ0n) is 13.2. The quantitative estimate of drug-likeness (QED) is 0.637. The van der Waals surface area contributed by atoms with E-state index < -0.39 is 6.35 Å². The van der Waals surface area contributed by atoms with Crippen LogP contribution in [0.5, 0.6) is 0 Å². The van der Waals surface area contributed by atoms with E-state index in [9.17, 15) is 5.11 Å². The molecule has 4 N–H and O–H groups in total. The van der Waals surface area contributed by atoms with E-state index in [-0.39, 0.29) is 0 Å². The van der Waals surface area contributed by atoms with Crippen LogP contribution in [0.4, 0.5) is 5.69 Å². The summed E-state index contributed by atoms with van der Waals surface area (Å²) < 4.78 is 0. The lowest BCUT2D eigenvalue weighted by molar-refractivity contribution is 0.145. The van der Waals surface area contributed by atoms with Crippen LogP contribution in [0.3, 0.4) is 0 Å². The van der Waals surface area contributed by atoms with Crippen molar-refractivity contribution in [3.63, 3.8) is 0 Å². The number of nitrogens with zero attached hydrogens (tertiary/aromatic N) is 1. The van der Waals surface area contributed by atoms with Crippen molar-refractivity contribution < 1.29 is 5.11 Å². The minimum atomic E-state index is -0.732. The van der Waals surface area contributed by atoms with Crippen LogP contribution in [-0.2, 0) is 0 Å². The summed E-state index contributed by atoms with van der Waals surface area (Å²) in [6.07, 6.45) is 6.12. The van der Waals surface area contributed by atoms with Crippen molar-refractivity contribution in [2.75, 3.05) is 18.4 Å². The SMILES string of the molecule is OC(Nc1ccc(-c2ccncc2)cc1)NC1CCCNCC1. The van der Waals surface area contributed by atoms with Gasteiger partial charge in [0.05, 0.1) is 0 Å². The Morgan fingerprint density at radius 2 is 1.74 bits per heavy atom. The van der Waals surface area contributed by atoms with Gasteiger partial charge in [0.1, 0.15) is 0 Å². The number of pyridine rings is 1. The molecule has 23 heavy (non-hydrogen) atoms. The minimum absolute atomic E-state index is 0.351. The summed E-state index contributed by atoms with van der Waals surface area (Å²) in [5.41, 5.74) is 3.17. The van der Waals surface area contributed by atoms with Gasteiger partial charge in [-0.3, -0.25) is 10.3 Å². The molecule has 1 aliphatic rings. The molecule has 1 fully saturated rings. The normalized spacial score (nSPS) is 19.8. The molecule has 1 aliphatic heterocycles. The number of nitrogens with one attached hydrogen (secondary N) is 3. The largest absolute Gasteiger partial charge is 0.361 e. The van der Waals surface area contributed by atoms with Gasteiger partial charge in [-0.15, -0.1) is 0 Å². The van der Waals surface area contributed by atoms with E-state index in [4.69, 9.17) is 0 Å². The summed E-state index contributed by atoms with van der Waals surface area (Å²) in [4.78, 5) is 4.03. The fraction of sp³-hybridized carbons (Fsp3) is 0.389. The van der Waals surface area contributed by atoms with Crippen LogP contribution in [0, 0.1) is 0 Å². The molecule has 0 aliphatic carbocycles. The van der Waals surface area contributed by atoms with Gasteiger partial charge in [-0.05, 0) is 67.7 Å². The standard InChI is InChI=1S/C18H24N4O/c23-18(21-16-2-1-10-19-13-9-16)22-17-5-3-14(4-6-17)15-7-11-20-12-8-15/h3-8,11-12,16,18-19,21-23H,1-2,9-10,13H2. The highest BCUT2D eigenvalue weighted by Gasteiger charge is 2.14. The Balaban J connectivity index is 1.55. The molecular weight excluding hydrogens is 288 g/mol. The summed E-state index contributed by atoms with van der Waals surface area (Å²) in [5.74, 6) is 0. The smallest absolute Gasteiger partial charge is 0.181 e.